The molecule has 4 aliphatic heterocycles. The number of hydrogen-bond acceptors (Lipinski definition) is 5. The summed E-state index contributed by atoms with van der Waals surface area (Å²) in [6.07, 6.45) is -5.83. The number of rotatable bonds is 1. The number of ether oxygens (including phenoxy) is 2. The molecule has 0 aliphatic carbocycles. The van der Waals surface area contributed by atoms with E-state index in [1.807, 2.05) is 6.92 Å². The number of nitrogens with zero attached hydrogens (tertiary/aromatic N) is 2. The van der Waals surface area contributed by atoms with Crippen LogP contribution in [0.25, 0.3) is 0 Å². The monoisotopic (exact) mass is 408 g/mol. The summed E-state index contributed by atoms with van der Waals surface area (Å²) >= 11 is 0. The highest BCUT2D eigenvalue weighted by atomic mass is 19.4. The molecule has 0 radical (unpaired) electrons. The molecule has 29 heavy (non-hydrogen) atoms. The van der Waals surface area contributed by atoms with E-state index in [2.05, 4.69) is 0 Å². The molecule has 7 atom stereocenters. The molecular formula is C20H19F3N2O4. The number of benzene rings is 1. The van der Waals surface area contributed by atoms with Crippen molar-refractivity contribution in [2.75, 3.05) is 11.5 Å². The summed E-state index contributed by atoms with van der Waals surface area (Å²) < 4.78 is 52.5. The average molecular weight is 408 g/mol. The number of carbonyl (C=O) groups is 1. The summed E-state index contributed by atoms with van der Waals surface area (Å²) in [5.74, 6) is -1.73. The molecule has 4 heterocycles. The summed E-state index contributed by atoms with van der Waals surface area (Å²) in [7, 11) is 0. The van der Waals surface area contributed by atoms with E-state index < -0.39 is 52.7 Å². The van der Waals surface area contributed by atoms with Crippen LogP contribution in [0.5, 0.6) is 0 Å². The molecule has 4 fully saturated rings. The first-order chi connectivity index (χ1) is 13.6. The van der Waals surface area contributed by atoms with Crippen LogP contribution >= 0.6 is 0 Å². The molecule has 0 unspecified atom stereocenters. The summed E-state index contributed by atoms with van der Waals surface area (Å²) in [6, 6.07) is 4.78. The fourth-order valence-electron chi connectivity index (χ4n) is 6.08. The zero-order chi connectivity index (χ0) is 20.9. The van der Waals surface area contributed by atoms with Crippen molar-refractivity contribution in [3.05, 3.63) is 29.3 Å². The highest BCUT2D eigenvalue weighted by molar-refractivity contribution is 6.00. The van der Waals surface area contributed by atoms with Gasteiger partial charge in [-0.25, -0.2) is 0 Å². The van der Waals surface area contributed by atoms with Crippen molar-refractivity contribution in [3.63, 3.8) is 0 Å². The Labute approximate surface area is 164 Å². The molecule has 0 aromatic heterocycles. The highest BCUT2D eigenvalue weighted by Crippen LogP contribution is 2.67. The second-order valence-electron chi connectivity index (χ2n) is 8.54. The van der Waals surface area contributed by atoms with Crippen LogP contribution in [0.3, 0.4) is 0 Å². The molecule has 1 spiro atoms. The van der Waals surface area contributed by atoms with Gasteiger partial charge in [-0.15, -0.1) is 0 Å². The zero-order valence-electron chi connectivity index (χ0n) is 15.7. The van der Waals surface area contributed by atoms with Crippen molar-refractivity contribution in [3.8, 4) is 6.07 Å². The molecule has 4 aliphatic rings. The Bertz CT molecular complexity index is 960. The smallest absolute Gasteiger partial charge is 0.390 e. The standard InChI is InChI=1S/C20H19F3N2O4/c1-9-15(26)18(2)13-14-17(28-6-5-19(9,14)29-18)25(16(13)27)11-4-3-10(8-24)12(7-11)20(21,22)23/h3-4,7,9,13-15,17,26H,5-6H2,1-2H3/t9-,13-,14+,15-,17+,18+,19+/m1/s1. The van der Waals surface area contributed by atoms with Crippen molar-refractivity contribution < 1.29 is 32.5 Å². The molecule has 1 amide bonds. The Kier molecular flexibility index (Phi) is 3.58. The van der Waals surface area contributed by atoms with Crippen molar-refractivity contribution >= 4 is 11.6 Å². The van der Waals surface area contributed by atoms with Crippen molar-refractivity contribution in [2.45, 2.75) is 50.0 Å². The Morgan fingerprint density at radius 2 is 2.10 bits per heavy atom. The first kappa shape index (κ1) is 18.9. The molecule has 9 heteroatoms. The third-order valence-corrected chi connectivity index (χ3v) is 7.34. The van der Waals surface area contributed by atoms with E-state index in [9.17, 15) is 23.1 Å². The van der Waals surface area contributed by atoms with Gasteiger partial charge in [0.05, 0.1) is 41.4 Å². The van der Waals surface area contributed by atoms with Gasteiger partial charge in [0.25, 0.3) is 0 Å². The topological polar surface area (TPSA) is 82.8 Å². The lowest BCUT2D eigenvalue weighted by Gasteiger charge is -2.45. The maximum atomic E-state index is 13.4. The van der Waals surface area contributed by atoms with Crippen LogP contribution in [0.1, 0.15) is 31.4 Å². The van der Waals surface area contributed by atoms with Crippen LogP contribution in [0.15, 0.2) is 18.2 Å². The quantitative estimate of drug-likeness (QED) is 0.772. The van der Waals surface area contributed by atoms with Gasteiger partial charge in [0, 0.05) is 23.9 Å². The van der Waals surface area contributed by atoms with Gasteiger partial charge >= 0.3 is 6.18 Å². The largest absolute Gasteiger partial charge is 0.417 e. The SMILES string of the molecule is C[C@@H]1[C@@H](O)[C@@]2(C)O[C@@]13CCO[C@H]1[C@@H]3[C@@H]2C(=O)N1c1ccc(C#N)c(C(F)(F)F)c1. The lowest BCUT2D eigenvalue weighted by Crippen LogP contribution is -2.57. The van der Waals surface area contributed by atoms with E-state index in [0.29, 0.717) is 6.42 Å². The minimum absolute atomic E-state index is 0.0305. The van der Waals surface area contributed by atoms with Crippen molar-refractivity contribution in [2.24, 2.45) is 17.8 Å². The Balaban J connectivity index is 1.64. The minimum atomic E-state index is -4.73. The number of halogens is 3. The molecule has 0 saturated carbocycles. The zero-order valence-corrected chi connectivity index (χ0v) is 15.7. The number of fused-ring (bicyclic) bond motifs is 2. The Morgan fingerprint density at radius 1 is 1.38 bits per heavy atom. The normalized spacial score (nSPS) is 42.9. The van der Waals surface area contributed by atoms with Crippen LogP contribution in [0.4, 0.5) is 18.9 Å². The number of alkyl halides is 3. The number of hydrogen-bond donors (Lipinski definition) is 1. The molecule has 6 nitrogen and oxygen atoms in total. The minimum Gasteiger partial charge on any atom is -0.390 e. The molecule has 2 bridgehead atoms. The van der Waals surface area contributed by atoms with Gasteiger partial charge in [0.15, 0.2) is 0 Å². The molecule has 154 valence electrons. The van der Waals surface area contributed by atoms with Gasteiger partial charge in [-0.2, -0.15) is 18.4 Å². The summed E-state index contributed by atoms with van der Waals surface area (Å²) in [5.41, 5.74) is -3.42. The average Bonchev–Trinajstić information content (AvgIpc) is 3.20. The Morgan fingerprint density at radius 3 is 2.76 bits per heavy atom. The number of carbonyl (C=O) groups excluding carboxylic acids is 1. The van der Waals surface area contributed by atoms with E-state index in [1.165, 1.54) is 11.0 Å². The van der Waals surface area contributed by atoms with Crippen LogP contribution in [-0.4, -0.2) is 41.2 Å². The third-order valence-electron chi connectivity index (χ3n) is 7.34. The third kappa shape index (κ3) is 2.09. The van der Waals surface area contributed by atoms with Gasteiger partial charge < -0.3 is 14.6 Å². The van der Waals surface area contributed by atoms with Gasteiger partial charge in [-0.05, 0) is 25.1 Å². The predicted octanol–water partition coefficient (Wildman–Crippen LogP) is 2.44. The van der Waals surface area contributed by atoms with E-state index >= 15 is 0 Å². The fourth-order valence-corrected chi connectivity index (χ4v) is 6.08. The summed E-state index contributed by atoms with van der Waals surface area (Å²) in [5, 5.41) is 19.8. The van der Waals surface area contributed by atoms with Crippen molar-refractivity contribution in [1.29, 1.82) is 5.26 Å². The lowest BCUT2D eigenvalue weighted by atomic mass is 9.60. The second kappa shape index (κ2) is 5.50. The van der Waals surface area contributed by atoms with E-state index in [-0.39, 0.29) is 24.1 Å². The molecule has 1 aromatic rings. The molecule has 1 N–H and O–H groups in total. The number of aliphatic hydroxyl groups is 1. The molecular weight excluding hydrogens is 389 g/mol. The van der Waals surface area contributed by atoms with Gasteiger partial charge in [0.1, 0.15) is 11.8 Å². The highest BCUT2D eigenvalue weighted by Gasteiger charge is 2.80. The maximum absolute atomic E-state index is 13.4. The molecule has 5 rings (SSSR count). The van der Waals surface area contributed by atoms with Crippen LogP contribution < -0.4 is 4.90 Å². The summed E-state index contributed by atoms with van der Waals surface area (Å²) in [6.45, 7) is 3.85. The lowest BCUT2D eigenvalue weighted by molar-refractivity contribution is -0.148. The van der Waals surface area contributed by atoms with E-state index in [1.54, 1.807) is 13.0 Å². The number of amides is 1. The summed E-state index contributed by atoms with van der Waals surface area (Å²) in [4.78, 5) is 14.7. The van der Waals surface area contributed by atoms with Gasteiger partial charge in [-0.1, -0.05) is 6.92 Å². The second-order valence-corrected chi connectivity index (χ2v) is 8.54. The first-order valence-electron chi connectivity index (χ1n) is 9.50. The van der Waals surface area contributed by atoms with Crippen LogP contribution in [-0.2, 0) is 20.4 Å². The van der Waals surface area contributed by atoms with E-state index in [4.69, 9.17) is 14.7 Å². The fraction of sp³-hybridized carbons (Fsp3) is 0.600. The predicted molar refractivity (Wildman–Crippen MR) is 92.4 cm³/mol. The maximum Gasteiger partial charge on any atom is 0.417 e. The number of nitriles is 1. The molecule has 1 aromatic carbocycles. The molecule has 4 saturated heterocycles. The van der Waals surface area contributed by atoms with Gasteiger partial charge in [-0.3, -0.25) is 9.69 Å². The first-order valence-corrected chi connectivity index (χ1v) is 9.50. The van der Waals surface area contributed by atoms with Crippen LogP contribution in [0, 0.1) is 29.1 Å². The van der Waals surface area contributed by atoms with Gasteiger partial charge in [0.2, 0.25) is 5.91 Å². The Hall–Kier alpha value is -2.15. The van der Waals surface area contributed by atoms with E-state index in [0.717, 1.165) is 12.1 Å². The van der Waals surface area contributed by atoms with Crippen LogP contribution in [0.2, 0.25) is 0 Å². The number of aliphatic hydroxyl groups excluding tert-OH is 1. The number of anilines is 1. The van der Waals surface area contributed by atoms with Crippen molar-refractivity contribution in [1.82, 2.24) is 0 Å².